The summed E-state index contributed by atoms with van der Waals surface area (Å²) < 4.78 is 19.3. The van der Waals surface area contributed by atoms with E-state index in [0.717, 1.165) is 0 Å². The average molecular weight is 395 g/mol. The second kappa shape index (κ2) is 7.24. The summed E-state index contributed by atoms with van der Waals surface area (Å²) >= 11 is 1.29. The van der Waals surface area contributed by atoms with Gasteiger partial charge in [-0.3, -0.25) is 10.1 Å². The molecule has 2 aromatic carbocycles. The highest BCUT2D eigenvalue weighted by Crippen LogP contribution is 2.21. The Morgan fingerprint density at radius 1 is 1.25 bits per heavy atom. The van der Waals surface area contributed by atoms with Gasteiger partial charge in [0.15, 0.2) is 5.13 Å². The van der Waals surface area contributed by atoms with Crippen LogP contribution < -0.4 is 10.9 Å². The molecule has 0 saturated carbocycles. The molecule has 2 aromatic heterocycles. The summed E-state index contributed by atoms with van der Waals surface area (Å²) in [6.45, 7) is 1.63. The van der Waals surface area contributed by atoms with Gasteiger partial charge in [0.2, 0.25) is 5.55 Å². The minimum absolute atomic E-state index is 0.0276. The van der Waals surface area contributed by atoms with E-state index >= 15 is 0 Å². The second-order valence-corrected chi connectivity index (χ2v) is 6.92. The van der Waals surface area contributed by atoms with Gasteiger partial charge in [-0.25, -0.2) is 14.4 Å². The van der Waals surface area contributed by atoms with Crippen molar-refractivity contribution in [3.63, 3.8) is 0 Å². The highest BCUT2D eigenvalue weighted by atomic mass is 32.1. The number of nitrogens with zero attached hydrogens (tertiary/aromatic N) is 2. The van der Waals surface area contributed by atoms with Crippen LogP contribution in [0.2, 0.25) is 0 Å². The topological polar surface area (TPSA) is 87.7 Å². The quantitative estimate of drug-likeness (QED) is 0.534. The lowest BCUT2D eigenvalue weighted by molar-refractivity contribution is 0.102. The van der Waals surface area contributed by atoms with Crippen LogP contribution in [0.25, 0.3) is 11.0 Å². The number of phenols is 1. The number of aryl methyl sites for hydroxylation is 1. The molecule has 0 aliphatic rings. The number of amides is 1. The largest absolute Gasteiger partial charge is 0.508 e. The summed E-state index contributed by atoms with van der Waals surface area (Å²) in [5.41, 5.74) is 1.45. The maximum absolute atomic E-state index is 13.5. The molecular formula is C20H14FN3O3S. The van der Waals surface area contributed by atoms with E-state index in [1.54, 1.807) is 36.7 Å². The van der Waals surface area contributed by atoms with Crippen LogP contribution in [-0.2, 0) is 0 Å². The van der Waals surface area contributed by atoms with E-state index in [4.69, 9.17) is 4.42 Å². The number of carbonyl (C=O) groups excluding carboxylic acids is 1. The Morgan fingerprint density at radius 3 is 2.86 bits per heavy atom. The van der Waals surface area contributed by atoms with Crippen LogP contribution in [0, 0.1) is 12.7 Å². The molecule has 0 radical (unpaired) electrons. The van der Waals surface area contributed by atoms with Crippen LogP contribution in [0.3, 0.4) is 0 Å². The van der Waals surface area contributed by atoms with E-state index < -0.39 is 5.91 Å². The van der Waals surface area contributed by atoms with Crippen molar-refractivity contribution in [3.05, 3.63) is 76.5 Å². The van der Waals surface area contributed by atoms with Gasteiger partial charge >= 0.3 is 0 Å². The van der Waals surface area contributed by atoms with Crippen LogP contribution in [-0.4, -0.2) is 16.0 Å². The summed E-state index contributed by atoms with van der Waals surface area (Å²) in [6, 6.07) is 10.5. The third-order valence-corrected chi connectivity index (χ3v) is 4.69. The Hall–Kier alpha value is -3.52. The van der Waals surface area contributed by atoms with Crippen LogP contribution >= 0.6 is 11.3 Å². The van der Waals surface area contributed by atoms with E-state index in [-0.39, 0.29) is 22.7 Å². The predicted octanol–water partition coefficient (Wildman–Crippen LogP) is 4.53. The van der Waals surface area contributed by atoms with Crippen molar-refractivity contribution in [2.45, 2.75) is 6.92 Å². The Kier molecular flexibility index (Phi) is 4.62. The number of hydrogen-bond acceptors (Lipinski definition) is 6. The first-order chi connectivity index (χ1) is 13.5. The molecule has 0 saturated heterocycles. The molecule has 2 N–H and O–H groups in total. The molecule has 0 spiro atoms. The Balaban J connectivity index is 1.89. The number of aromatic nitrogens is 1. The fraction of sp³-hybridized carbons (Fsp3) is 0.0500. The van der Waals surface area contributed by atoms with E-state index in [1.807, 2.05) is 0 Å². The lowest BCUT2D eigenvalue weighted by Gasteiger charge is -2.06. The van der Waals surface area contributed by atoms with E-state index in [1.165, 1.54) is 35.6 Å². The number of thiazole rings is 1. The third-order valence-electron chi connectivity index (χ3n) is 4.00. The van der Waals surface area contributed by atoms with Crippen molar-refractivity contribution in [1.29, 1.82) is 0 Å². The fourth-order valence-electron chi connectivity index (χ4n) is 2.62. The first-order valence-electron chi connectivity index (χ1n) is 8.28. The minimum Gasteiger partial charge on any atom is -0.508 e. The van der Waals surface area contributed by atoms with E-state index in [2.05, 4.69) is 15.3 Å². The number of hydrogen-bond donors (Lipinski definition) is 2. The molecule has 0 fully saturated rings. The average Bonchev–Trinajstić information content (AvgIpc) is 3.17. The molecular weight excluding hydrogens is 381 g/mol. The monoisotopic (exact) mass is 395 g/mol. The SMILES string of the molecule is Cc1cc(N=c2oc3cc(O)ccc3cc2C(=O)Nc2nccs2)ccc1F. The Morgan fingerprint density at radius 2 is 2.11 bits per heavy atom. The van der Waals surface area contributed by atoms with Gasteiger partial charge in [-0.15, -0.1) is 11.3 Å². The third kappa shape index (κ3) is 3.63. The van der Waals surface area contributed by atoms with E-state index in [0.29, 0.717) is 27.4 Å². The number of nitrogens with one attached hydrogen (secondary N) is 1. The molecule has 6 nitrogen and oxygen atoms in total. The Labute approximate surface area is 162 Å². The summed E-state index contributed by atoms with van der Waals surface area (Å²) in [7, 11) is 0. The molecule has 4 rings (SSSR count). The summed E-state index contributed by atoms with van der Waals surface area (Å²) in [5, 5.41) is 15.2. The number of anilines is 1. The normalized spacial score (nSPS) is 11.7. The second-order valence-electron chi connectivity index (χ2n) is 6.02. The number of phenolic OH excluding ortho intramolecular Hbond substituents is 1. The molecule has 4 aromatic rings. The fourth-order valence-corrected chi connectivity index (χ4v) is 3.14. The lowest BCUT2D eigenvalue weighted by Crippen LogP contribution is -2.21. The number of rotatable bonds is 3. The number of benzene rings is 2. The van der Waals surface area contributed by atoms with Gasteiger partial charge in [0.25, 0.3) is 5.91 Å². The number of halogens is 1. The zero-order valence-electron chi connectivity index (χ0n) is 14.6. The van der Waals surface area contributed by atoms with Crippen molar-refractivity contribution in [2.24, 2.45) is 4.99 Å². The molecule has 2 heterocycles. The highest BCUT2D eigenvalue weighted by Gasteiger charge is 2.14. The number of fused-ring (bicyclic) bond motifs is 1. The van der Waals surface area contributed by atoms with Crippen molar-refractivity contribution in [3.8, 4) is 5.75 Å². The van der Waals surface area contributed by atoms with Crippen LogP contribution in [0.15, 0.2) is 63.5 Å². The van der Waals surface area contributed by atoms with Gasteiger partial charge in [0.05, 0.1) is 5.69 Å². The smallest absolute Gasteiger partial charge is 0.262 e. The molecule has 8 heteroatoms. The van der Waals surface area contributed by atoms with Gasteiger partial charge in [0, 0.05) is 23.0 Å². The maximum Gasteiger partial charge on any atom is 0.262 e. The van der Waals surface area contributed by atoms with E-state index in [9.17, 15) is 14.3 Å². The molecule has 0 atom stereocenters. The first-order valence-corrected chi connectivity index (χ1v) is 9.16. The Bertz CT molecular complexity index is 1250. The number of aromatic hydroxyl groups is 1. The van der Waals surface area contributed by atoms with Gasteiger partial charge in [0.1, 0.15) is 22.7 Å². The maximum atomic E-state index is 13.5. The predicted molar refractivity (Wildman–Crippen MR) is 104 cm³/mol. The highest BCUT2D eigenvalue weighted by molar-refractivity contribution is 7.13. The van der Waals surface area contributed by atoms with Crippen molar-refractivity contribution < 1.29 is 18.7 Å². The molecule has 140 valence electrons. The van der Waals surface area contributed by atoms with Crippen molar-refractivity contribution in [2.75, 3.05) is 5.32 Å². The van der Waals surface area contributed by atoms with Crippen LogP contribution in [0.4, 0.5) is 15.2 Å². The lowest BCUT2D eigenvalue weighted by atomic mass is 10.1. The molecule has 0 bridgehead atoms. The zero-order valence-corrected chi connectivity index (χ0v) is 15.5. The minimum atomic E-state index is -0.439. The van der Waals surface area contributed by atoms with Crippen molar-refractivity contribution in [1.82, 2.24) is 4.98 Å². The van der Waals surface area contributed by atoms with Crippen LogP contribution in [0.1, 0.15) is 15.9 Å². The standard InChI is InChI=1S/C20H14FN3O3S/c1-11-8-13(3-5-16(11)21)23-19-15(18(26)24-20-22-6-7-28-20)9-12-2-4-14(25)10-17(12)27-19/h2-10,25H,1H3,(H,22,24,26). The molecule has 0 unspecified atom stereocenters. The summed E-state index contributed by atoms with van der Waals surface area (Å²) in [5.74, 6) is -0.757. The van der Waals surface area contributed by atoms with Gasteiger partial charge in [-0.05, 0) is 48.9 Å². The summed E-state index contributed by atoms with van der Waals surface area (Å²) in [6.07, 6.45) is 1.58. The van der Waals surface area contributed by atoms with Gasteiger partial charge < -0.3 is 9.52 Å². The first kappa shape index (κ1) is 17.9. The number of carbonyl (C=O) groups is 1. The zero-order chi connectivity index (χ0) is 19.7. The summed E-state index contributed by atoms with van der Waals surface area (Å²) in [4.78, 5) is 21.2. The molecule has 0 aliphatic heterocycles. The molecule has 1 amide bonds. The van der Waals surface area contributed by atoms with Crippen molar-refractivity contribution >= 4 is 39.0 Å². The molecule has 0 aliphatic carbocycles. The molecule has 28 heavy (non-hydrogen) atoms. The van der Waals surface area contributed by atoms with Gasteiger partial charge in [-0.1, -0.05) is 0 Å². The van der Waals surface area contributed by atoms with Crippen LogP contribution in [0.5, 0.6) is 5.75 Å². The van der Waals surface area contributed by atoms with Gasteiger partial charge in [-0.2, -0.15) is 0 Å².